The quantitative estimate of drug-likeness (QED) is 0.899. The Morgan fingerprint density at radius 1 is 1.19 bits per heavy atom. The summed E-state index contributed by atoms with van der Waals surface area (Å²) in [5.41, 5.74) is 0.613. The smallest absolute Gasteiger partial charge is 0.127 e. The molecule has 1 aromatic carbocycles. The van der Waals surface area contributed by atoms with Crippen LogP contribution >= 0.6 is 0 Å². The van der Waals surface area contributed by atoms with Crippen molar-refractivity contribution in [2.75, 3.05) is 20.8 Å². The van der Waals surface area contributed by atoms with Crippen molar-refractivity contribution in [1.29, 1.82) is 0 Å². The van der Waals surface area contributed by atoms with Crippen molar-refractivity contribution in [3.05, 3.63) is 23.8 Å². The van der Waals surface area contributed by atoms with Gasteiger partial charge in [-0.2, -0.15) is 0 Å². The van der Waals surface area contributed by atoms with E-state index in [1.54, 1.807) is 14.2 Å². The molecule has 3 atom stereocenters. The third kappa shape index (κ3) is 2.62. The molecule has 0 unspecified atom stereocenters. The number of rotatable bonds is 3. The fraction of sp³-hybridized carbons (Fsp3) is 0.647. The SMILES string of the molecule is COc1ccc([C@@H]2NCC[C@]3(O)CCCC[C@H]23)c(OC)c1. The molecule has 4 heteroatoms. The normalized spacial score (nSPS) is 32.3. The molecule has 1 aliphatic heterocycles. The highest BCUT2D eigenvalue weighted by Crippen LogP contribution is 2.47. The first-order valence-corrected chi connectivity index (χ1v) is 7.85. The molecule has 3 rings (SSSR count). The van der Waals surface area contributed by atoms with Crippen molar-refractivity contribution in [3.8, 4) is 11.5 Å². The van der Waals surface area contributed by atoms with E-state index in [1.165, 1.54) is 6.42 Å². The topological polar surface area (TPSA) is 50.7 Å². The number of aliphatic hydroxyl groups is 1. The van der Waals surface area contributed by atoms with Gasteiger partial charge in [-0.3, -0.25) is 0 Å². The number of fused-ring (bicyclic) bond motifs is 1. The van der Waals surface area contributed by atoms with Gasteiger partial charge in [-0.25, -0.2) is 0 Å². The zero-order valence-electron chi connectivity index (χ0n) is 12.9. The molecule has 1 saturated heterocycles. The highest BCUT2D eigenvalue weighted by Gasteiger charge is 2.46. The molecule has 4 nitrogen and oxygen atoms in total. The third-order valence-electron chi connectivity index (χ3n) is 5.17. The monoisotopic (exact) mass is 291 g/mol. The van der Waals surface area contributed by atoms with Gasteiger partial charge in [-0.15, -0.1) is 0 Å². The molecule has 1 aliphatic carbocycles. The van der Waals surface area contributed by atoms with Gasteiger partial charge in [-0.05, 0) is 31.9 Å². The van der Waals surface area contributed by atoms with E-state index in [0.29, 0.717) is 0 Å². The van der Waals surface area contributed by atoms with E-state index in [2.05, 4.69) is 11.4 Å². The van der Waals surface area contributed by atoms with Crippen molar-refractivity contribution >= 4 is 0 Å². The Labute approximate surface area is 126 Å². The van der Waals surface area contributed by atoms with E-state index < -0.39 is 5.60 Å². The lowest BCUT2D eigenvalue weighted by atomic mass is 9.66. The van der Waals surface area contributed by atoms with Gasteiger partial charge >= 0.3 is 0 Å². The molecule has 0 aromatic heterocycles. The summed E-state index contributed by atoms with van der Waals surface area (Å²) in [6, 6.07) is 6.11. The second-order valence-corrected chi connectivity index (χ2v) is 6.25. The third-order valence-corrected chi connectivity index (χ3v) is 5.17. The van der Waals surface area contributed by atoms with Gasteiger partial charge in [0.15, 0.2) is 0 Å². The number of piperidine rings is 1. The first-order valence-electron chi connectivity index (χ1n) is 7.85. The Balaban J connectivity index is 1.95. The van der Waals surface area contributed by atoms with Crippen LogP contribution < -0.4 is 14.8 Å². The van der Waals surface area contributed by atoms with Crippen LogP contribution in [0.2, 0.25) is 0 Å². The van der Waals surface area contributed by atoms with Crippen LogP contribution in [0.3, 0.4) is 0 Å². The summed E-state index contributed by atoms with van der Waals surface area (Å²) >= 11 is 0. The lowest BCUT2D eigenvalue weighted by molar-refractivity contribution is -0.0863. The summed E-state index contributed by atoms with van der Waals surface area (Å²) in [5.74, 6) is 1.90. The maximum Gasteiger partial charge on any atom is 0.127 e. The van der Waals surface area contributed by atoms with Crippen LogP contribution in [0.4, 0.5) is 0 Å². The Kier molecular flexibility index (Phi) is 4.09. The van der Waals surface area contributed by atoms with Crippen molar-refractivity contribution < 1.29 is 14.6 Å². The molecule has 0 bridgehead atoms. The zero-order chi connectivity index (χ0) is 14.9. The first-order chi connectivity index (χ1) is 10.2. The standard InChI is InChI=1S/C17H25NO3/c1-20-12-6-7-13(15(11-12)21-2)16-14-5-3-4-8-17(14,19)9-10-18-16/h6-7,11,14,16,18-19H,3-5,8-10H2,1-2H3/t14-,16+,17-/m1/s1. The minimum Gasteiger partial charge on any atom is -0.497 e. The summed E-state index contributed by atoms with van der Waals surface area (Å²) in [4.78, 5) is 0. The molecule has 0 radical (unpaired) electrons. The predicted octanol–water partition coefficient (Wildman–Crippen LogP) is 2.66. The molecule has 2 fully saturated rings. The zero-order valence-corrected chi connectivity index (χ0v) is 12.9. The van der Waals surface area contributed by atoms with Gasteiger partial charge in [0.1, 0.15) is 11.5 Å². The number of hydrogen-bond acceptors (Lipinski definition) is 4. The molecule has 2 aliphatic rings. The molecule has 2 N–H and O–H groups in total. The largest absolute Gasteiger partial charge is 0.497 e. The summed E-state index contributed by atoms with van der Waals surface area (Å²) in [5, 5.41) is 14.6. The number of hydrogen-bond donors (Lipinski definition) is 2. The Morgan fingerprint density at radius 3 is 2.81 bits per heavy atom. The Hall–Kier alpha value is -1.26. The summed E-state index contributed by atoms with van der Waals surface area (Å²) < 4.78 is 10.8. The van der Waals surface area contributed by atoms with E-state index >= 15 is 0 Å². The van der Waals surface area contributed by atoms with Gasteiger partial charge in [0.05, 0.1) is 19.8 Å². The Morgan fingerprint density at radius 2 is 2.05 bits per heavy atom. The van der Waals surface area contributed by atoms with Gasteiger partial charge in [0.25, 0.3) is 0 Å². The van der Waals surface area contributed by atoms with Crippen LogP contribution in [0.1, 0.15) is 43.7 Å². The number of nitrogens with one attached hydrogen (secondary N) is 1. The van der Waals surface area contributed by atoms with Crippen molar-refractivity contribution in [3.63, 3.8) is 0 Å². The first kappa shape index (κ1) is 14.7. The van der Waals surface area contributed by atoms with Gasteiger partial charge in [-0.1, -0.05) is 18.9 Å². The van der Waals surface area contributed by atoms with Gasteiger partial charge < -0.3 is 19.9 Å². The van der Waals surface area contributed by atoms with E-state index in [0.717, 1.165) is 49.3 Å². The lowest BCUT2D eigenvalue weighted by Gasteiger charge is -2.48. The second kappa shape index (κ2) is 5.85. The average molecular weight is 291 g/mol. The maximum atomic E-state index is 11.0. The molecule has 1 heterocycles. The minimum atomic E-state index is -0.515. The average Bonchev–Trinajstić information content (AvgIpc) is 2.53. The van der Waals surface area contributed by atoms with Gasteiger partial charge in [0, 0.05) is 23.6 Å². The number of benzene rings is 1. The van der Waals surface area contributed by atoms with Crippen LogP contribution in [-0.4, -0.2) is 31.5 Å². The summed E-state index contributed by atoms with van der Waals surface area (Å²) in [6.45, 7) is 0.854. The van der Waals surface area contributed by atoms with Gasteiger partial charge in [0.2, 0.25) is 0 Å². The summed E-state index contributed by atoms with van der Waals surface area (Å²) in [6.07, 6.45) is 5.19. The van der Waals surface area contributed by atoms with E-state index in [1.807, 2.05) is 12.1 Å². The number of methoxy groups -OCH3 is 2. The predicted molar refractivity (Wildman–Crippen MR) is 81.8 cm³/mol. The van der Waals surface area contributed by atoms with E-state index in [4.69, 9.17) is 9.47 Å². The lowest BCUT2D eigenvalue weighted by Crippen LogP contribution is -2.53. The van der Waals surface area contributed by atoms with Crippen molar-refractivity contribution in [2.24, 2.45) is 5.92 Å². The van der Waals surface area contributed by atoms with Crippen LogP contribution in [0.5, 0.6) is 11.5 Å². The molecular weight excluding hydrogens is 266 g/mol. The van der Waals surface area contributed by atoms with Crippen molar-refractivity contribution in [2.45, 2.75) is 43.7 Å². The molecule has 0 amide bonds. The molecule has 1 aromatic rings. The minimum absolute atomic E-state index is 0.157. The fourth-order valence-corrected chi connectivity index (χ4v) is 4.03. The number of ether oxygens (including phenoxy) is 2. The highest BCUT2D eigenvalue weighted by atomic mass is 16.5. The van der Waals surface area contributed by atoms with E-state index in [-0.39, 0.29) is 12.0 Å². The van der Waals surface area contributed by atoms with Crippen molar-refractivity contribution in [1.82, 2.24) is 5.32 Å². The Bertz CT molecular complexity index is 501. The molecular formula is C17H25NO3. The van der Waals surface area contributed by atoms with Crippen LogP contribution in [0.15, 0.2) is 18.2 Å². The molecule has 1 saturated carbocycles. The highest BCUT2D eigenvalue weighted by molar-refractivity contribution is 5.43. The summed E-state index contributed by atoms with van der Waals surface area (Å²) in [7, 11) is 3.35. The fourth-order valence-electron chi connectivity index (χ4n) is 4.03. The van der Waals surface area contributed by atoms with E-state index in [9.17, 15) is 5.11 Å². The second-order valence-electron chi connectivity index (χ2n) is 6.25. The van der Waals surface area contributed by atoms with Crippen LogP contribution in [0.25, 0.3) is 0 Å². The molecule has 0 spiro atoms. The maximum absolute atomic E-state index is 11.0. The van der Waals surface area contributed by atoms with Crippen LogP contribution in [0, 0.1) is 5.92 Å². The molecule has 21 heavy (non-hydrogen) atoms. The molecule has 116 valence electrons. The van der Waals surface area contributed by atoms with Crippen LogP contribution in [-0.2, 0) is 0 Å².